The molecule has 0 spiro atoms. The first-order valence-electron chi connectivity index (χ1n) is 6.75. The highest BCUT2D eigenvalue weighted by Crippen LogP contribution is 2.21. The fourth-order valence-electron chi connectivity index (χ4n) is 3.04. The van der Waals surface area contributed by atoms with Crippen molar-refractivity contribution >= 4 is 0 Å². The number of hydrogen-bond acceptors (Lipinski definition) is 2. The predicted octanol–water partition coefficient (Wildman–Crippen LogP) is 2.25. The van der Waals surface area contributed by atoms with Crippen LogP contribution in [0.15, 0.2) is 0 Å². The van der Waals surface area contributed by atoms with Crippen LogP contribution in [0.25, 0.3) is 0 Å². The molecule has 0 aliphatic carbocycles. The van der Waals surface area contributed by atoms with E-state index < -0.39 is 0 Å². The Kier molecular flexibility index (Phi) is 4.04. The summed E-state index contributed by atoms with van der Waals surface area (Å²) in [6, 6.07) is 1.56. The van der Waals surface area contributed by atoms with Crippen LogP contribution in [0.4, 0.5) is 0 Å². The Morgan fingerprint density at radius 3 is 2.73 bits per heavy atom. The van der Waals surface area contributed by atoms with E-state index in [0.29, 0.717) is 0 Å². The number of likely N-dealkylation sites (tertiary alicyclic amines) is 1. The lowest BCUT2D eigenvalue weighted by atomic mass is 9.91. The maximum atomic E-state index is 3.70. The van der Waals surface area contributed by atoms with Gasteiger partial charge in [-0.1, -0.05) is 13.3 Å². The highest BCUT2D eigenvalue weighted by Gasteiger charge is 2.26. The zero-order valence-electron chi connectivity index (χ0n) is 10.3. The molecule has 3 unspecified atom stereocenters. The molecule has 2 heteroatoms. The molecule has 3 atom stereocenters. The Balaban J connectivity index is 1.83. The summed E-state index contributed by atoms with van der Waals surface area (Å²) in [5.41, 5.74) is 0. The summed E-state index contributed by atoms with van der Waals surface area (Å²) < 4.78 is 0. The first-order valence-corrected chi connectivity index (χ1v) is 6.75. The first-order chi connectivity index (χ1) is 7.27. The Bertz CT molecular complexity index is 173. The Morgan fingerprint density at radius 2 is 2.00 bits per heavy atom. The number of nitrogens with zero attached hydrogens (tertiary/aromatic N) is 1. The van der Waals surface area contributed by atoms with Gasteiger partial charge in [0.25, 0.3) is 0 Å². The van der Waals surface area contributed by atoms with Crippen LogP contribution < -0.4 is 5.32 Å². The molecule has 88 valence electrons. The molecule has 15 heavy (non-hydrogen) atoms. The Morgan fingerprint density at radius 1 is 1.13 bits per heavy atom. The monoisotopic (exact) mass is 210 g/mol. The molecule has 0 aromatic rings. The Hall–Kier alpha value is -0.0800. The lowest BCUT2D eigenvalue weighted by Crippen LogP contribution is -2.51. The van der Waals surface area contributed by atoms with E-state index in [9.17, 15) is 0 Å². The summed E-state index contributed by atoms with van der Waals surface area (Å²) in [6.45, 7) is 8.64. The van der Waals surface area contributed by atoms with Gasteiger partial charge in [0.2, 0.25) is 0 Å². The second-order valence-electron chi connectivity index (χ2n) is 5.52. The molecule has 2 aliphatic heterocycles. The van der Waals surface area contributed by atoms with Gasteiger partial charge in [0.15, 0.2) is 0 Å². The van der Waals surface area contributed by atoms with Gasteiger partial charge in [0.1, 0.15) is 0 Å². The van der Waals surface area contributed by atoms with Gasteiger partial charge in [-0.05, 0) is 51.6 Å². The van der Waals surface area contributed by atoms with E-state index in [1.54, 1.807) is 0 Å². The molecule has 0 radical (unpaired) electrons. The van der Waals surface area contributed by atoms with Crippen LogP contribution in [0, 0.1) is 5.92 Å². The second kappa shape index (κ2) is 5.31. The van der Waals surface area contributed by atoms with Crippen molar-refractivity contribution in [3.05, 3.63) is 0 Å². The smallest absolute Gasteiger partial charge is 0.0220 e. The molecule has 0 bridgehead atoms. The molecular weight excluding hydrogens is 184 g/mol. The van der Waals surface area contributed by atoms with Gasteiger partial charge in [-0.15, -0.1) is 0 Å². The van der Waals surface area contributed by atoms with Crippen LogP contribution in [0.1, 0.15) is 46.0 Å². The van der Waals surface area contributed by atoms with Gasteiger partial charge in [-0.2, -0.15) is 0 Å². The molecule has 1 N–H and O–H groups in total. The lowest BCUT2D eigenvalue weighted by Gasteiger charge is -2.39. The maximum Gasteiger partial charge on any atom is 0.0220 e. The van der Waals surface area contributed by atoms with Crippen molar-refractivity contribution in [2.75, 3.05) is 19.6 Å². The molecule has 2 nitrogen and oxygen atoms in total. The number of rotatable bonds is 2. The molecule has 0 saturated carbocycles. The third-order valence-electron chi connectivity index (χ3n) is 4.30. The zero-order valence-corrected chi connectivity index (χ0v) is 10.3. The van der Waals surface area contributed by atoms with E-state index >= 15 is 0 Å². The molecule has 2 rings (SSSR count). The zero-order chi connectivity index (χ0) is 10.7. The lowest BCUT2D eigenvalue weighted by molar-refractivity contribution is 0.122. The predicted molar refractivity (Wildman–Crippen MR) is 65.1 cm³/mol. The fourth-order valence-corrected chi connectivity index (χ4v) is 3.04. The topological polar surface area (TPSA) is 15.3 Å². The highest BCUT2D eigenvalue weighted by molar-refractivity contribution is 4.84. The normalized spacial score (nSPS) is 39.2. The van der Waals surface area contributed by atoms with Crippen LogP contribution in [0.3, 0.4) is 0 Å². The Labute approximate surface area is 94.4 Å². The average Bonchev–Trinajstić information content (AvgIpc) is 2.24. The maximum absolute atomic E-state index is 3.70. The molecule has 2 aliphatic rings. The van der Waals surface area contributed by atoms with Crippen molar-refractivity contribution in [1.82, 2.24) is 10.2 Å². The number of nitrogens with one attached hydrogen (secondary N) is 1. The summed E-state index contributed by atoms with van der Waals surface area (Å²) in [5, 5.41) is 3.70. The van der Waals surface area contributed by atoms with E-state index in [2.05, 4.69) is 24.1 Å². The van der Waals surface area contributed by atoms with Crippen molar-refractivity contribution in [3.63, 3.8) is 0 Å². The quantitative estimate of drug-likeness (QED) is 0.752. The van der Waals surface area contributed by atoms with E-state index in [-0.39, 0.29) is 0 Å². The van der Waals surface area contributed by atoms with Gasteiger partial charge in [0, 0.05) is 18.6 Å². The highest BCUT2D eigenvalue weighted by atomic mass is 15.2. The SMILES string of the molecule is CC1CCCNC1CN1CCCCC1C. The molecule has 2 heterocycles. The first kappa shape index (κ1) is 11.4. The minimum atomic E-state index is 0.749. The number of piperidine rings is 2. The van der Waals surface area contributed by atoms with Gasteiger partial charge in [0.05, 0.1) is 0 Å². The largest absolute Gasteiger partial charge is 0.312 e. The van der Waals surface area contributed by atoms with Gasteiger partial charge in [-0.25, -0.2) is 0 Å². The van der Waals surface area contributed by atoms with Crippen LogP contribution >= 0.6 is 0 Å². The summed E-state index contributed by atoms with van der Waals surface area (Å²) >= 11 is 0. The molecule has 0 aromatic carbocycles. The molecule has 0 aromatic heterocycles. The molecular formula is C13H26N2. The molecule has 2 saturated heterocycles. The van der Waals surface area contributed by atoms with Crippen LogP contribution in [-0.4, -0.2) is 36.6 Å². The van der Waals surface area contributed by atoms with Crippen LogP contribution in [0.2, 0.25) is 0 Å². The van der Waals surface area contributed by atoms with Crippen molar-refractivity contribution in [2.45, 2.75) is 58.0 Å². The third kappa shape index (κ3) is 2.94. The van der Waals surface area contributed by atoms with Crippen molar-refractivity contribution < 1.29 is 0 Å². The summed E-state index contributed by atoms with van der Waals surface area (Å²) in [6.07, 6.45) is 7.03. The van der Waals surface area contributed by atoms with E-state index in [4.69, 9.17) is 0 Å². The minimum Gasteiger partial charge on any atom is -0.312 e. The molecule has 2 fully saturated rings. The van der Waals surface area contributed by atoms with E-state index in [0.717, 1.165) is 18.0 Å². The average molecular weight is 210 g/mol. The van der Waals surface area contributed by atoms with Crippen LogP contribution in [-0.2, 0) is 0 Å². The van der Waals surface area contributed by atoms with Gasteiger partial charge < -0.3 is 5.32 Å². The van der Waals surface area contributed by atoms with Gasteiger partial charge >= 0.3 is 0 Å². The van der Waals surface area contributed by atoms with Crippen LogP contribution in [0.5, 0.6) is 0 Å². The second-order valence-corrected chi connectivity index (χ2v) is 5.52. The van der Waals surface area contributed by atoms with Crippen molar-refractivity contribution in [3.8, 4) is 0 Å². The summed E-state index contributed by atoms with van der Waals surface area (Å²) in [7, 11) is 0. The van der Waals surface area contributed by atoms with E-state index in [1.807, 2.05) is 0 Å². The standard InChI is InChI=1S/C13H26N2/c1-11-6-5-8-14-13(11)10-15-9-4-3-7-12(15)2/h11-14H,3-10H2,1-2H3. The third-order valence-corrected chi connectivity index (χ3v) is 4.30. The number of hydrogen-bond donors (Lipinski definition) is 1. The van der Waals surface area contributed by atoms with E-state index in [1.165, 1.54) is 51.7 Å². The van der Waals surface area contributed by atoms with Crippen molar-refractivity contribution in [1.29, 1.82) is 0 Å². The van der Waals surface area contributed by atoms with Crippen molar-refractivity contribution in [2.24, 2.45) is 5.92 Å². The van der Waals surface area contributed by atoms with Gasteiger partial charge in [-0.3, -0.25) is 4.90 Å². The summed E-state index contributed by atoms with van der Waals surface area (Å²) in [5.74, 6) is 0.868. The molecule has 0 amide bonds. The minimum absolute atomic E-state index is 0.749. The summed E-state index contributed by atoms with van der Waals surface area (Å²) in [4.78, 5) is 2.70. The fraction of sp³-hybridized carbons (Fsp3) is 1.00.